The Bertz CT molecular complexity index is 1020. The summed E-state index contributed by atoms with van der Waals surface area (Å²) in [6.07, 6.45) is 2.18. The van der Waals surface area contributed by atoms with Crippen LogP contribution in [-0.2, 0) is 4.74 Å². The van der Waals surface area contributed by atoms with Gasteiger partial charge in [-0.3, -0.25) is 4.79 Å². The van der Waals surface area contributed by atoms with Crippen molar-refractivity contribution in [1.82, 2.24) is 4.98 Å². The molecular formula is C21H21ClN2O3S2. The first-order valence-electron chi connectivity index (χ1n) is 9.39. The molecule has 1 fully saturated rings. The predicted molar refractivity (Wildman–Crippen MR) is 119 cm³/mol. The molecule has 0 spiro atoms. The van der Waals surface area contributed by atoms with E-state index in [0.29, 0.717) is 33.0 Å². The van der Waals surface area contributed by atoms with Crippen LogP contribution in [0.25, 0.3) is 9.88 Å². The molecule has 1 aromatic carbocycles. The zero-order chi connectivity index (χ0) is 20.4. The standard InChI is InChI=1S/C21H21ClN2O3S2/c1-12-5-6-15(16(10-12)27-11-14-4-3-9-26-14)24-20(25)19-13(2)23-21(29-19)17-7-8-18(22)28-17/h5-8,10,14H,3-4,9,11H2,1-2H3,(H,24,25). The number of carbonyl (C=O) groups excluding carboxylic acids is 1. The molecule has 29 heavy (non-hydrogen) atoms. The second-order valence-corrected chi connectivity index (χ2v) is 9.65. The molecule has 3 aromatic rings. The smallest absolute Gasteiger partial charge is 0.267 e. The van der Waals surface area contributed by atoms with Gasteiger partial charge in [0, 0.05) is 6.61 Å². The molecule has 1 atom stereocenters. The first-order chi connectivity index (χ1) is 14.0. The molecule has 1 unspecified atom stereocenters. The normalized spacial score (nSPS) is 16.2. The zero-order valence-corrected chi connectivity index (χ0v) is 18.5. The number of aromatic nitrogens is 1. The molecule has 1 amide bonds. The van der Waals surface area contributed by atoms with Gasteiger partial charge in [-0.2, -0.15) is 0 Å². The predicted octanol–water partition coefficient (Wildman–Crippen LogP) is 5.95. The second-order valence-electron chi connectivity index (χ2n) is 6.94. The molecule has 0 bridgehead atoms. The van der Waals surface area contributed by atoms with Gasteiger partial charge in [0.1, 0.15) is 22.2 Å². The van der Waals surface area contributed by atoms with Crippen LogP contribution in [0.2, 0.25) is 4.34 Å². The van der Waals surface area contributed by atoms with E-state index in [-0.39, 0.29) is 12.0 Å². The van der Waals surface area contributed by atoms with Crippen LogP contribution in [0, 0.1) is 13.8 Å². The number of ether oxygens (including phenoxy) is 2. The molecule has 0 saturated carbocycles. The molecule has 3 heterocycles. The van der Waals surface area contributed by atoms with Gasteiger partial charge in [-0.1, -0.05) is 17.7 Å². The molecule has 1 N–H and O–H groups in total. The van der Waals surface area contributed by atoms with E-state index in [0.717, 1.165) is 34.9 Å². The van der Waals surface area contributed by atoms with E-state index >= 15 is 0 Å². The van der Waals surface area contributed by atoms with E-state index in [9.17, 15) is 4.79 Å². The van der Waals surface area contributed by atoms with E-state index in [1.807, 2.05) is 44.2 Å². The average molecular weight is 449 g/mol. The minimum Gasteiger partial charge on any atom is -0.489 e. The van der Waals surface area contributed by atoms with Crippen molar-refractivity contribution >= 4 is 45.9 Å². The Morgan fingerprint density at radius 2 is 2.17 bits per heavy atom. The lowest BCUT2D eigenvalue weighted by Crippen LogP contribution is -2.18. The highest BCUT2D eigenvalue weighted by atomic mass is 35.5. The van der Waals surface area contributed by atoms with Crippen LogP contribution in [-0.4, -0.2) is 30.2 Å². The molecule has 152 valence electrons. The number of halogens is 1. The fourth-order valence-corrected chi connectivity index (χ4v) is 5.19. The van der Waals surface area contributed by atoms with Crippen LogP contribution in [0.5, 0.6) is 5.75 Å². The minimum absolute atomic E-state index is 0.114. The number of amides is 1. The van der Waals surface area contributed by atoms with Gasteiger partial charge in [-0.05, 0) is 56.5 Å². The third-order valence-corrected chi connectivity index (χ3v) is 7.18. The molecule has 0 aliphatic carbocycles. The number of thiophene rings is 1. The van der Waals surface area contributed by atoms with E-state index in [4.69, 9.17) is 21.1 Å². The van der Waals surface area contributed by atoms with Crippen molar-refractivity contribution in [2.24, 2.45) is 0 Å². The van der Waals surface area contributed by atoms with Gasteiger partial charge in [0.25, 0.3) is 5.91 Å². The Hall–Kier alpha value is -1.93. The summed E-state index contributed by atoms with van der Waals surface area (Å²) >= 11 is 8.84. The lowest BCUT2D eigenvalue weighted by molar-refractivity contribution is 0.0681. The Balaban J connectivity index is 1.51. The number of aryl methyl sites for hydroxylation is 2. The molecule has 1 saturated heterocycles. The van der Waals surface area contributed by atoms with Crippen molar-refractivity contribution in [3.05, 3.63) is 50.8 Å². The summed E-state index contributed by atoms with van der Waals surface area (Å²) in [4.78, 5) is 19.0. The Kier molecular flexibility index (Phi) is 6.20. The second kappa shape index (κ2) is 8.83. The number of nitrogens with one attached hydrogen (secondary N) is 1. The molecule has 4 rings (SSSR count). The Morgan fingerprint density at radius 1 is 1.31 bits per heavy atom. The summed E-state index contributed by atoms with van der Waals surface area (Å²) in [5, 5.41) is 3.78. The Morgan fingerprint density at radius 3 is 2.90 bits per heavy atom. The van der Waals surface area contributed by atoms with E-state index in [1.165, 1.54) is 22.7 Å². The first-order valence-corrected chi connectivity index (χ1v) is 11.4. The molecule has 1 aliphatic rings. The highest BCUT2D eigenvalue weighted by molar-refractivity contribution is 7.24. The fourth-order valence-electron chi connectivity index (χ4n) is 3.13. The maximum Gasteiger partial charge on any atom is 0.267 e. The van der Waals surface area contributed by atoms with Gasteiger partial charge in [-0.15, -0.1) is 22.7 Å². The highest BCUT2D eigenvalue weighted by Crippen LogP contribution is 2.35. The van der Waals surface area contributed by atoms with Crippen molar-refractivity contribution in [2.45, 2.75) is 32.8 Å². The van der Waals surface area contributed by atoms with E-state index in [1.54, 1.807) is 0 Å². The highest BCUT2D eigenvalue weighted by Gasteiger charge is 2.20. The van der Waals surface area contributed by atoms with Gasteiger partial charge in [0.15, 0.2) is 0 Å². The maximum absolute atomic E-state index is 12.9. The van der Waals surface area contributed by atoms with Crippen molar-refractivity contribution in [3.63, 3.8) is 0 Å². The van der Waals surface area contributed by atoms with Crippen LogP contribution in [0.15, 0.2) is 30.3 Å². The van der Waals surface area contributed by atoms with Crippen LogP contribution >= 0.6 is 34.3 Å². The van der Waals surface area contributed by atoms with Crippen molar-refractivity contribution in [3.8, 4) is 15.6 Å². The lowest BCUT2D eigenvalue weighted by atomic mass is 10.2. The summed E-state index contributed by atoms with van der Waals surface area (Å²) in [6.45, 7) is 5.10. The quantitative estimate of drug-likeness (QED) is 0.506. The van der Waals surface area contributed by atoms with Gasteiger partial charge in [-0.25, -0.2) is 4.98 Å². The molecular weight excluding hydrogens is 428 g/mol. The molecule has 0 radical (unpaired) electrons. The molecule has 5 nitrogen and oxygen atoms in total. The number of hydrogen-bond acceptors (Lipinski definition) is 6. The van der Waals surface area contributed by atoms with Gasteiger partial charge < -0.3 is 14.8 Å². The Labute approximate surface area is 182 Å². The van der Waals surface area contributed by atoms with Gasteiger partial charge in [0.2, 0.25) is 0 Å². The molecule has 2 aromatic heterocycles. The van der Waals surface area contributed by atoms with E-state index in [2.05, 4.69) is 10.3 Å². The van der Waals surface area contributed by atoms with Crippen molar-refractivity contribution in [1.29, 1.82) is 0 Å². The third kappa shape index (κ3) is 4.80. The average Bonchev–Trinajstić information content (AvgIpc) is 3.43. The lowest BCUT2D eigenvalue weighted by Gasteiger charge is -2.15. The van der Waals surface area contributed by atoms with Crippen LogP contribution in [0.1, 0.15) is 33.8 Å². The number of anilines is 1. The van der Waals surface area contributed by atoms with Crippen molar-refractivity contribution < 1.29 is 14.3 Å². The summed E-state index contributed by atoms with van der Waals surface area (Å²) in [5.74, 6) is 0.459. The number of hydrogen-bond donors (Lipinski definition) is 1. The van der Waals surface area contributed by atoms with Gasteiger partial charge in [0.05, 0.1) is 26.7 Å². The molecule has 8 heteroatoms. The maximum atomic E-state index is 12.9. The van der Waals surface area contributed by atoms with Crippen LogP contribution < -0.4 is 10.1 Å². The minimum atomic E-state index is -0.195. The largest absolute Gasteiger partial charge is 0.489 e. The zero-order valence-electron chi connectivity index (χ0n) is 16.2. The number of rotatable bonds is 6. The third-order valence-electron chi connectivity index (χ3n) is 4.62. The number of benzene rings is 1. The van der Waals surface area contributed by atoms with E-state index < -0.39 is 0 Å². The summed E-state index contributed by atoms with van der Waals surface area (Å²) in [6, 6.07) is 9.51. The number of thiazole rings is 1. The van der Waals surface area contributed by atoms with Crippen LogP contribution in [0.4, 0.5) is 5.69 Å². The summed E-state index contributed by atoms with van der Waals surface area (Å²) in [5.41, 5.74) is 2.41. The monoisotopic (exact) mass is 448 g/mol. The first kappa shape index (κ1) is 20.3. The topological polar surface area (TPSA) is 60.5 Å². The number of nitrogens with zero attached hydrogens (tertiary/aromatic N) is 1. The van der Waals surface area contributed by atoms with Crippen molar-refractivity contribution in [2.75, 3.05) is 18.5 Å². The SMILES string of the molecule is Cc1ccc(NC(=O)c2sc(-c3ccc(Cl)s3)nc2C)c(OCC2CCCO2)c1. The summed E-state index contributed by atoms with van der Waals surface area (Å²) < 4.78 is 12.3. The summed E-state index contributed by atoms with van der Waals surface area (Å²) in [7, 11) is 0. The fraction of sp³-hybridized carbons (Fsp3) is 0.333. The molecule has 1 aliphatic heterocycles. The number of carbonyl (C=O) groups is 1. The van der Waals surface area contributed by atoms with Gasteiger partial charge >= 0.3 is 0 Å². The van der Waals surface area contributed by atoms with Crippen LogP contribution in [0.3, 0.4) is 0 Å².